The molecule has 125 valence electrons. The van der Waals surface area contributed by atoms with Crippen LogP contribution in [0.2, 0.25) is 0 Å². The lowest BCUT2D eigenvalue weighted by molar-refractivity contribution is 0.1000. The lowest BCUT2D eigenvalue weighted by Crippen LogP contribution is -2.25. The first-order chi connectivity index (χ1) is 12.1. The summed E-state index contributed by atoms with van der Waals surface area (Å²) in [5, 5.41) is 0.940. The van der Waals surface area contributed by atoms with Crippen LogP contribution in [-0.4, -0.2) is 24.0 Å². The summed E-state index contributed by atoms with van der Waals surface area (Å²) in [6.45, 7) is 3.62. The fraction of sp³-hybridized carbons (Fsp3) is 0.238. The summed E-state index contributed by atoms with van der Waals surface area (Å²) in [6.07, 6.45) is 1.06. The first kappa shape index (κ1) is 15.6. The fourth-order valence-corrected chi connectivity index (χ4v) is 3.84. The summed E-state index contributed by atoms with van der Waals surface area (Å²) in [5.74, 6) is 0.0343. The van der Waals surface area contributed by atoms with Gasteiger partial charge in [-0.25, -0.2) is 0 Å². The minimum absolute atomic E-state index is 0.422. The smallest absolute Gasteiger partial charge is 0.252 e. The molecule has 25 heavy (non-hydrogen) atoms. The van der Waals surface area contributed by atoms with E-state index in [0.29, 0.717) is 17.2 Å². The number of fused-ring (bicyclic) bond motifs is 1. The molecule has 1 aromatic heterocycles. The number of aromatic nitrogens is 1. The first-order valence-electron chi connectivity index (χ1n) is 8.55. The van der Waals surface area contributed by atoms with E-state index in [-0.39, 0.29) is 0 Å². The summed E-state index contributed by atoms with van der Waals surface area (Å²) in [5.41, 5.74) is 10.0. The molecule has 1 aliphatic heterocycles. The Hall–Kier alpha value is -2.88. The Balaban J connectivity index is 1.81. The van der Waals surface area contributed by atoms with Crippen molar-refractivity contribution in [3.63, 3.8) is 0 Å². The zero-order chi connectivity index (χ0) is 17.4. The van der Waals surface area contributed by atoms with Gasteiger partial charge in [0.1, 0.15) is 0 Å². The molecule has 1 saturated heterocycles. The number of anilines is 1. The summed E-state index contributed by atoms with van der Waals surface area (Å²) in [7, 11) is 0. The van der Waals surface area contributed by atoms with Gasteiger partial charge < -0.3 is 10.6 Å². The number of carbonyl (C=O) groups excluding carboxylic acids is 1. The average Bonchev–Trinajstić information content (AvgIpc) is 3.10. The van der Waals surface area contributed by atoms with Crippen LogP contribution in [0.5, 0.6) is 0 Å². The zero-order valence-electron chi connectivity index (χ0n) is 14.2. The van der Waals surface area contributed by atoms with Gasteiger partial charge in [0.2, 0.25) is 0 Å². The van der Waals surface area contributed by atoms with Gasteiger partial charge in [-0.3, -0.25) is 9.78 Å². The van der Waals surface area contributed by atoms with Crippen molar-refractivity contribution >= 4 is 22.5 Å². The number of rotatable bonds is 3. The van der Waals surface area contributed by atoms with Crippen molar-refractivity contribution in [2.24, 2.45) is 5.73 Å². The normalized spacial score (nSPS) is 17.2. The van der Waals surface area contributed by atoms with Crippen molar-refractivity contribution < 1.29 is 4.79 Å². The lowest BCUT2D eigenvalue weighted by atomic mass is 9.98. The third-order valence-corrected chi connectivity index (χ3v) is 5.00. The maximum atomic E-state index is 12.1. The molecule has 0 spiro atoms. The molecule has 1 aliphatic rings. The molecule has 0 bridgehead atoms. The SMILES string of the molecule is Cc1nc2cc[c]cc2c(N2CCC(c3ccccc3)C2)c1C(N)=O. The second kappa shape index (κ2) is 6.20. The van der Waals surface area contributed by atoms with Gasteiger partial charge in [0, 0.05) is 24.4 Å². The van der Waals surface area contributed by atoms with Gasteiger partial charge in [-0.2, -0.15) is 0 Å². The van der Waals surface area contributed by atoms with Gasteiger partial charge in [0.25, 0.3) is 5.91 Å². The highest BCUT2D eigenvalue weighted by Crippen LogP contribution is 2.37. The van der Waals surface area contributed by atoms with Gasteiger partial charge >= 0.3 is 0 Å². The van der Waals surface area contributed by atoms with Crippen LogP contribution in [0.4, 0.5) is 5.69 Å². The average molecular weight is 330 g/mol. The summed E-state index contributed by atoms with van der Waals surface area (Å²) in [6, 6.07) is 19.3. The number of nitrogens with zero attached hydrogens (tertiary/aromatic N) is 2. The van der Waals surface area contributed by atoms with Gasteiger partial charge in [-0.15, -0.1) is 0 Å². The highest BCUT2D eigenvalue weighted by Gasteiger charge is 2.29. The van der Waals surface area contributed by atoms with E-state index in [4.69, 9.17) is 5.73 Å². The minimum Gasteiger partial charge on any atom is -0.370 e. The topological polar surface area (TPSA) is 59.2 Å². The fourth-order valence-electron chi connectivity index (χ4n) is 3.84. The van der Waals surface area contributed by atoms with E-state index in [1.54, 1.807) is 0 Å². The molecule has 1 unspecified atom stereocenters. The van der Waals surface area contributed by atoms with Crippen LogP contribution in [0.25, 0.3) is 10.9 Å². The number of aryl methyl sites for hydroxylation is 1. The third-order valence-electron chi connectivity index (χ3n) is 5.00. The molecule has 0 aliphatic carbocycles. The van der Waals surface area contributed by atoms with Crippen LogP contribution < -0.4 is 10.6 Å². The van der Waals surface area contributed by atoms with Crippen molar-refractivity contribution in [2.45, 2.75) is 19.3 Å². The zero-order valence-corrected chi connectivity index (χ0v) is 14.2. The van der Waals surface area contributed by atoms with Crippen LogP contribution in [0, 0.1) is 13.0 Å². The van der Waals surface area contributed by atoms with Crippen LogP contribution >= 0.6 is 0 Å². The maximum Gasteiger partial charge on any atom is 0.252 e. The second-order valence-electron chi connectivity index (χ2n) is 6.57. The summed E-state index contributed by atoms with van der Waals surface area (Å²) in [4.78, 5) is 19.0. The predicted molar refractivity (Wildman–Crippen MR) is 99.8 cm³/mol. The number of amides is 1. The van der Waals surface area contributed by atoms with Gasteiger partial charge in [-0.05, 0) is 37.1 Å². The highest BCUT2D eigenvalue weighted by molar-refractivity contribution is 6.08. The molecule has 1 radical (unpaired) electrons. The monoisotopic (exact) mass is 330 g/mol. The van der Waals surface area contributed by atoms with Crippen molar-refractivity contribution in [3.05, 3.63) is 71.4 Å². The first-order valence-corrected chi connectivity index (χ1v) is 8.55. The molecule has 1 amide bonds. The largest absolute Gasteiger partial charge is 0.370 e. The number of nitrogens with two attached hydrogens (primary N) is 1. The van der Waals surface area contributed by atoms with E-state index < -0.39 is 5.91 Å². The molecule has 2 heterocycles. The van der Waals surface area contributed by atoms with E-state index in [9.17, 15) is 4.79 Å². The van der Waals surface area contributed by atoms with E-state index in [1.165, 1.54) is 5.56 Å². The van der Waals surface area contributed by atoms with E-state index >= 15 is 0 Å². The predicted octanol–water partition coefficient (Wildman–Crippen LogP) is 3.44. The van der Waals surface area contributed by atoms with Crippen LogP contribution in [0.3, 0.4) is 0 Å². The van der Waals surface area contributed by atoms with Gasteiger partial charge in [0.05, 0.1) is 22.5 Å². The van der Waals surface area contributed by atoms with Crippen molar-refractivity contribution in [2.75, 3.05) is 18.0 Å². The molecule has 3 aromatic rings. The van der Waals surface area contributed by atoms with Gasteiger partial charge in [-0.1, -0.05) is 36.4 Å². The maximum absolute atomic E-state index is 12.1. The van der Waals surface area contributed by atoms with Crippen molar-refractivity contribution in [1.29, 1.82) is 0 Å². The molecule has 2 N–H and O–H groups in total. The number of carbonyl (C=O) groups is 1. The number of benzene rings is 2. The third kappa shape index (κ3) is 2.74. The molecule has 0 saturated carbocycles. The Kier molecular flexibility index (Phi) is 3.88. The molecule has 2 aromatic carbocycles. The van der Waals surface area contributed by atoms with Crippen molar-refractivity contribution in [3.8, 4) is 0 Å². The number of primary amides is 1. The number of hydrogen-bond donors (Lipinski definition) is 1. The Bertz CT molecular complexity index is 937. The molecular formula is C21H20N3O. The highest BCUT2D eigenvalue weighted by atomic mass is 16.1. The number of hydrogen-bond acceptors (Lipinski definition) is 3. The molecule has 4 rings (SSSR count). The van der Waals surface area contributed by atoms with Crippen LogP contribution in [0.1, 0.15) is 34.0 Å². The molecule has 4 nitrogen and oxygen atoms in total. The second-order valence-corrected chi connectivity index (χ2v) is 6.57. The lowest BCUT2D eigenvalue weighted by Gasteiger charge is -2.24. The molecule has 1 fully saturated rings. The van der Waals surface area contributed by atoms with E-state index in [0.717, 1.165) is 36.1 Å². The van der Waals surface area contributed by atoms with E-state index in [2.05, 4.69) is 40.2 Å². The Morgan fingerprint density at radius 2 is 2.08 bits per heavy atom. The van der Waals surface area contributed by atoms with E-state index in [1.807, 2.05) is 31.2 Å². The summed E-state index contributed by atoms with van der Waals surface area (Å²) < 4.78 is 0. The van der Waals surface area contributed by atoms with Gasteiger partial charge in [0.15, 0.2) is 0 Å². The molecular weight excluding hydrogens is 310 g/mol. The van der Waals surface area contributed by atoms with Crippen molar-refractivity contribution in [1.82, 2.24) is 4.98 Å². The molecule has 4 heteroatoms. The Morgan fingerprint density at radius 1 is 1.28 bits per heavy atom. The Morgan fingerprint density at radius 3 is 2.84 bits per heavy atom. The van der Waals surface area contributed by atoms with Crippen LogP contribution in [-0.2, 0) is 0 Å². The Labute approximate surface area is 147 Å². The number of pyridine rings is 1. The van der Waals surface area contributed by atoms with Crippen LogP contribution in [0.15, 0.2) is 48.5 Å². The quantitative estimate of drug-likeness (QED) is 0.800. The minimum atomic E-state index is -0.422. The summed E-state index contributed by atoms with van der Waals surface area (Å²) >= 11 is 0. The standard InChI is InChI=1S/C21H20N3O/c1-14-19(21(22)25)20(17-9-5-6-10-18(17)23-14)24-12-11-16(13-24)15-7-3-2-4-8-15/h2-4,6-10,16H,11-13H2,1H3,(H2,22,25). The molecule has 1 atom stereocenters.